The zero-order chi connectivity index (χ0) is 18.4. The van der Waals surface area contributed by atoms with Gasteiger partial charge in [-0.3, -0.25) is 9.89 Å². The summed E-state index contributed by atoms with van der Waals surface area (Å²) < 4.78 is 18.9. The molecule has 1 N–H and O–H groups in total. The van der Waals surface area contributed by atoms with Crippen molar-refractivity contribution in [3.8, 4) is 11.3 Å². The number of aromatic nitrogens is 2. The minimum absolute atomic E-state index is 0.172. The van der Waals surface area contributed by atoms with Crippen LogP contribution in [0.25, 0.3) is 11.3 Å². The van der Waals surface area contributed by atoms with Crippen molar-refractivity contribution in [2.24, 2.45) is 0 Å². The lowest BCUT2D eigenvalue weighted by Gasteiger charge is -2.18. The Morgan fingerprint density at radius 3 is 3.08 bits per heavy atom. The zero-order valence-electron chi connectivity index (χ0n) is 15.2. The van der Waals surface area contributed by atoms with E-state index in [-0.39, 0.29) is 17.8 Å². The number of ether oxygens (including phenoxy) is 1. The molecule has 2 heterocycles. The van der Waals surface area contributed by atoms with Crippen LogP contribution in [0.3, 0.4) is 0 Å². The molecule has 6 heteroatoms. The van der Waals surface area contributed by atoms with Crippen molar-refractivity contribution in [3.63, 3.8) is 0 Å². The number of rotatable bonds is 8. The number of aromatic amines is 1. The molecule has 0 unspecified atom stereocenters. The average molecular weight is 359 g/mol. The second-order valence-electron chi connectivity index (χ2n) is 6.88. The van der Waals surface area contributed by atoms with Gasteiger partial charge in [0.25, 0.3) is 0 Å². The van der Waals surface area contributed by atoms with Crippen molar-refractivity contribution < 1.29 is 13.9 Å². The van der Waals surface area contributed by atoms with Gasteiger partial charge in [0.1, 0.15) is 5.82 Å². The van der Waals surface area contributed by atoms with E-state index in [0.717, 1.165) is 55.7 Å². The fourth-order valence-electron chi connectivity index (χ4n) is 3.26. The van der Waals surface area contributed by atoms with Crippen LogP contribution in [0.15, 0.2) is 30.3 Å². The number of carbonyl (C=O) groups is 1. The first-order chi connectivity index (χ1) is 12.6. The number of amides is 1. The molecule has 5 nitrogen and oxygen atoms in total. The summed E-state index contributed by atoms with van der Waals surface area (Å²) in [6, 6.07) is 8.34. The minimum atomic E-state index is -0.268. The number of hydrogen-bond donors (Lipinski definition) is 1. The largest absolute Gasteiger partial charge is 0.378 e. The summed E-state index contributed by atoms with van der Waals surface area (Å²) >= 11 is 0. The van der Waals surface area contributed by atoms with Crippen molar-refractivity contribution >= 4 is 5.91 Å². The molecule has 0 spiro atoms. The van der Waals surface area contributed by atoms with Crippen molar-refractivity contribution in [2.45, 2.75) is 44.6 Å². The SMILES string of the molecule is CN(CCCc1cc(-c2cccc(F)c2)n[nH]1)C(=O)CC[C@H]1CCCO1. The van der Waals surface area contributed by atoms with Crippen LogP contribution in [-0.4, -0.2) is 47.3 Å². The topological polar surface area (TPSA) is 58.2 Å². The number of carbonyl (C=O) groups excluding carboxylic acids is 1. The molecule has 140 valence electrons. The predicted molar refractivity (Wildman–Crippen MR) is 98.1 cm³/mol. The van der Waals surface area contributed by atoms with Crippen LogP contribution in [0, 0.1) is 5.82 Å². The highest BCUT2D eigenvalue weighted by Crippen LogP contribution is 2.19. The maximum atomic E-state index is 13.3. The summed E-state index contributed by atoms with van der Waals surface area (Å²) in [5.74, 6) is -0.0965. The molecular weight excluding hydrogens is 333 g/mol. The molecule has 1 aromatic carbocycles. The van der Waals surface area contributed by atoms with E-state index in [1.165, 1.54) is 12.1 Å². The lowest BCUT2D eigenvalue weighted by molar-refractivity contribution is -0.130. The molecular formula is C20H26FN3O2. The van der Waals surface area contributed by atoms with E-state index in [4.69, 9.17) is 4.74 Å². The van der Waals surface area contributed by atoms with Crippen LogP contribution >= 0.6 is 0 Å². The van der Waals surface area contributed by atoms with Gasteiger partial charge < -0.3 is 9.64 Å². The van der Waals surface area contributed by atoms with Gasteiger partial charge in [0.05, 0.1) is 11.8 Å². The summed E-state index contributed by atoms with van der Waals surface area (Å²) in [6.07, 6.45) is 5.47. The molecule has 1 aliphatic heterocycles. The molecule has 2 aromatic rings. The summed E-state index contributed by atoms with van der Waals surface area (Å²) in [6.45, 7) is 1.54. The van der Waals surface area contributed by atoms with E-state index in [2.05, 4.69) is 10.2 Å². The Morgan fingerprint density at radius 2 is 2.31 bits per heavy atom. The first-order valence-electron chi connectivity index (χ1n) is 9.27. The van der Waals surface area contributed by atoms with Crippen molar-refractivity contribution in [2.75, 3.05) is 20.2 Å². The third-order valence-electron chi connectivity index (χ3n) is 4.82. The molecule has 1 amide bonds. The average Bonchev–Trinajstić information content (AvgIpc) is 3.31. The second kappa shape index (κ2) is 8.94. The zero-order valence-corrected chi connectivity index (χ0v) is 15.2. The van der Waals surface area contributed by atoms with E-state index in [0.29, 0.717) is 13.0 Å². The maximum Gasteiger partial charge on any atom is 0.222 e. The van der Waals surface area contributed by atoms with E-state index < -0.39 is 0 Å². The number of hydrogen-bond acceptors (Lipinski definition) is 3. The van der Waals surface area contributed by atoms with Gasteiger partial charge in [-0.1, -0.05) is 12.1 Å². The quantitative estimate of drug-likeness (QED) is 0.784. The number of H-pyrrole nitrogens is 1. The highest BCUT2D eigenvalue weighted by molar-refractivity contribution is 5.75. The Kier molecular flexibility index (Phi) is 6.39. The molecule has 1 saturated heterocycles. The standard InChI is InChI=1S/C20H26FN3O2/c1-24(20(25)10-9-18-8-4-12-26-18)11-3-7-17-14-19(23-22-17)15-5-2-6-16(21)13-15/h2,5-6,13-14,18H,3-4,7-12H2,1H3,(H,22,23)/t18-/m1/s1. The molecule has 0 saturated carbocycles. The lowest BCUT2D eigenvalue weighted by atomic mass is 10.1. The normalized spacial score (nSPS) is 16.8. The molecule has 26 heavy (non-hydrogen) atoms. The fraction of sp³-hybridized carbons (Fsp3) is 0.500. The van der Waals surface area contributed by atoms with Crippen LogP contribution < -0.4 is 0 Å². The van der Waals surface area contributed by atoms with Gasteiger partial charge >= 0.3 is 0 Å². The van der Waals surface area contributed by atoms with E-state index in [1.807, 2.05) is 19.2 Å². The Hall–Kier alpha value is -2.21. The predicted octanol–water partition coefficient (Wildman–Crippen LogP) is 3.57. The Labute approximate surface area is 153 Å². The van der Waals surface area contributed by atoms with Gasteiger partial charge in [-0.05, 0) is 50.3 Å². The van der Waals surface area contributed by atoms with Gasteiger partial charge in [-0.2, -0.15) is 5.10 Å². The van der Waals surface area contributed by atoms with Crippen molar-refractivity contribution in [3.05, 3.63) is 41.8 Å². The first-order valence-corrected chi connectivity index (χ1v) is 9.27. The number of nitrogens with one attached hydrogen (secondary N) is 1. The molecule has 3 rings (SSSR count). The number of nitrogens with zero attached hydrogens (tertiary/aromatic N) is 2. The fourth-order valence-corrected chi connectivity index (χ4v) is 3.26. The molecule has 1 fully saturated rings. The molecule has 0 aliphatic carbocycles. The third-order valence-corrected chi connectivity index (χ3v) is 4.82. The molecule has 1 aliphatic rings. The van der Waals surface area contributed by atoms with Gasteiger partial charge in [0.15, 0.2) is 0 Å². The van der Waals surface area contributed by atoms with Gasteiger partial charge in [0.2, 0.25) is 5.91 Å². The van der Waals surface area contributed by atoms with E-state index in [1.54, 1.807) is 11.0 Å². The molecule has 1 atom stereocenters. The first kappa shape index (κ1) is 18.6. The van der Waals surface area contributed by atoms with Crippen LogP contribution in [0.4, 0.5) is 4.39 Å². The maximum absolute atomic E-state index is 13.3. The van der Waals surface area contributed by atoms with Crippen LogP contribution in [0.1, 0.15) is 37.8 Å². The number of benzene rings is 1. The molecule has 1 aromatic heterocycles. The molecule has 0 bridgehead atoms. The number of aryl methyl sites for hydroxylation is 1. The van der Waals surface area contributed by atoms with Crippen LogP contribution in [0.5, 0.6) is 0 Å². The van der Waals surface area contributed by atoms with Crippen LogP contribution in [0.2, 0.25) is 0 Å². The van der Waals surface area contributed by atoms with Gasteiger partial charge in [-0.15, -0.1) is 0 Å². The van der Waals surface area contributed by atoms with Gasteiger partial charge in [-0.25, -0.2) is 4.39 Å². The highest BCUT2D eigenvalue weighted by atomic mass is 19.1. The summed E-state index contributed by atoms with van der Waals surface area (Å²) in [4.78, 5) is 14.0. The van der Waals surface area contributed by atoms with E-state index in [9.17, 15) is 9.18 Å². The van der Waals surface area contributed by atoms with Crippen molar-refractivity contribution in [1.82, 2.24) is 15.1 Å². The summed E-state index contributed by atoms with van der Waals surface area (Å²) in [5, 5.41) is 7.24. The Balaban J connectivity index is 1.41. The smallest absolute Gasteiger partial charge is 0.222 e. The Bertz CT molecular complexity index is 725. The summed E-state index contributed by atoms with van der Waals surface area (Å²) in [7, 11) is 1.85. The Morgan fingerprint density at radius 1 is 1.42 bits per heavy atom. The second-order valence-corrected chi connectivity index (χ2v) is 6.88. The lowest BCUT2D eigenvalue weighted by Crippen LogP contribution is -2.28. The third kappa shape index (κ3) is 5.14. The summed E-state index contributed by atoms with van der Waals surface area (Å²) in [5.41, 5.74) is 2.49. The van der Waals surface area contributed by atoms with Crippen LogP contribution in [-0.2, 0) is 16.0 Å². The van der Waals surface area contributed by atoms with Gasteiger partial charge in [0, 0.05) is 37.9 Å². The number of halogens is 1. The van der Waals surface area contributed by atoms with E-state index >= 15 is 0 Å². The molecule has 0 radical (unpaired) electrons. The highest BCUT2D eigenvalue weighted by Gasteiger charge is 2.18. The minimum Gasteiger partial charge on any atom is -0.378 e. The van der Waals surface area contributed by atoms with Crippen molar-refractivity contribution in [1.29, 1.82) is 0 Å². The monoisotopic (exact) mass is 359 g/mol.